The summed E-state index contributed by atoms with van der Waals surface area (Å²) < 4.78 is 0. The van der Waals surface area contributed by atoms with Crippen molar-refractivity contribution >= 4 is 23.9 Å². The fraction of sp³-hybridized carbons (Fsp3) is 0.600. The molecular formula is C10H19N3O9. The van der Waals surface area contributed by atoms with Crippen molar-refractivity contribution in [1.29, 1.82) is 0 Å². The Kier molecular flexibility index (Phi) is 12.5. The SMILES string of the molecule is NO.O=C(O)CN(CCN(CC(=O)O)CC(=O)O)CC(=O)O. The van der Waals surface area contributed by atoms with E-state index in [4.69, 9.17) is 25.6 Å². The smallest absolute Gasteiger partial charge is 0.317 e. The van der Waals surface area contributed by atoms with Gasteiger partial charge in [-0.3, -0.25) is 29.0 Å². The molecule has 12 heteroatoms. The van der Waals surface area contributed by atoms with Gasteiger partial charge in [-0.25, -0.2) is 5.90 Å². The highest BCUT2D eigenvalue weighted by Gasteiger charge is 2.17. The van der Waals surface area contributed by atoms with Crippen molar-refractivity contribution in [2.75, 3.05) is 39.3 Å². The van der Waals surface area contributed by atoms with Crippen LogP contribution in [0.3, 0.4) is 0 Å². The van der Waals surface area contributed by atoms with Crippen LogP contribution in [-0.2, 0) is 19.2 Å². The monoisotopic (exact) mass is 325 g/mol. The molecule has 7 N–H and O–H groups in total. The Morgan fingerprint density at radius 2 is 0.773 bits per heavy atom. The van der Waals surface area contributed by atoms with E-state index in [-0.39, 0.29) is 13.1 Å². The van der Waals surface area contributed by atoms with Gasteiger partial charge in [-0.15, -0.1) is 0 Å². The summed E-state index contributed by atoms with van der Waals surface area (Å²) in [5.41, 5.74) is 0. The third-order valence-corrected chi connectivity index (χ3v) is 2.17. The van der Waals surface area contributed by atoms with E-state index in [2.05, 4.69) is 5.90 Å². The Morgan fingerprint density at radius 1 is 0.591 bits per heavy atom. The second-order valence-corrected chi connectivity index (χ2v) is 4.00. The zero-order valence-electron chi connectivity index (χ0n) is 11.6. The molecule has 0 unspecified atom stereocenters. The van der Waals surface area contributed by atoms with E-state index in [9.17, 15) is 19.2 Å². The Labute approximate surface area is 124 Å². The summed E-state index contributed by atoms with van der Waals surface area (Å²) >= 11 is 0. The maximum absolute atomic E-state index is 10.6. The third-order valence-electron chi connectivity index (χ3n) is 2.17. The van der Waals surface area contributed by atoms with E-state index in [1.165, 1.54) is 0 Å². The quantitative estimate of drug-likeness (QED) is 0.214. The first-order chi connectivity index (χ1) is 10.2. The molecule has 128 valence electrons. The summed E-state index contributed by atoms with van der Waals surface area (Å²) in [6.45, 7) is -2.25. The van der Waals surface area contributed by atoms with Crippen molar-refractivity contribution in [2.45, 2.75) is 0 Å². The highest BCUT2D eigenvalue weighted by atomic mass is 16.4. The van der Waals surface area contributed by atoms with Crippen LogP contribution < -0.4 is 5.90 Å². The number of nitrogens with zero attached hydrogens (tertiary/aromatic N) is 2. The highest BCUT2D eigenvalue weighted by Crippen LogP contribution is 1.94. The van der Waals surface area contributed by atoms with Crippen LogP contribution in [0.25, 0.3) is 0 Å². The van der Waals surface area contributed by atoms with Crippen molar-refractivity contribution in [1.82, 2.24) is 9.80 Å². The normalized spacial score (nSPS) is 10.0. The van der Waals surface area contributed by atoms with Crippen LogP contribution in [0.5, 0.6) is 0 Å². The average molecular weight is 325 g/mol. The van der Waals surface area contributed by atoms with E-state index >= 15 is 0 Å². The van der Waals surface area contributed by atoms with Crippen molar-refractivity contribution < 1.29 is 44.8 Å². The molecule has 0 amide bonds. The molecule has 0 aliphatic heterocycles. The molecule has 0 radical (unpaired) electrons. The first kappa shape index (κ1) is 22.0. The standard InChI is InChI=1S/C10H16N2O8.H3NO/c13-7(14)3-11(4-8(15)16)1-2-12(5-9(17)18)6-10(19)20;1-2/h1-6H2,(H,13,14)(H,15,16)(H,17,18)(H,19,20);2H,1H2. The van der Waals surface area contributed by atoms with Gasteiger partial charge in [0, 0.05) is 13.1 Å². The molecule has 0 saturated heterocycles. The zero-order chi connectivity index (χ0) is 17.7. The lowest BCUT2D eigenvalue weighted by molar-refractivity contribution is -0.145. The van der Waals surface area contributed by atoms with Gasteiger partial charge >= 0.3 is 23.9 Å². The number of aliphatic carboxylic acids is 4. The van der Waals surface area contributed by atoms with Gasteiger partial charge in [0.1, 0.15) is 0 Å². The van der Waals surface area contributed by atoms with Gasteiger partial charge in [0.2, 0.25) is 0 Å². The maximum Gasteiger partial charge on any atom is 0.317 e. The molecule has 22 heavy (non-hydrogen) atoms. The summed E-state index contributed by atoms with van der Waals surface area (Å²) in [5.74, 6) is -1.41. The van der Waals surface area contributed by atoms with Crippen molar-refractivity contribution in [3.8, 4) is 0 Å². The summed E-state index contributed by atoms with van der Waals surface area (Å²) in [6, 6.07) is 0. The maximum atomic E-state index is 10.6. The zero-order valence-corrected chi connectivity index (χ0v) is 11.6. The third kappa shape index (κ3) is 14.1. The minimum Gasteiger partial charge on any atom is -0.480 e. The molecule has 0 aliphatic carbocycles. The summed E-state index contributed by atoms with van der Waals surface area (Å²) in [6.07, 6.45) is 0. The number of carboxylic acid groups (broad SMARTS) is 4. The second-order valence-electron chi connectivity index (χ2n) is 4.00. The Balaban J connectivity index is 0. The van der Waals surface area contributed by atoms with E-state index in [1.54, 1.807) is 0 Å². The minimum absolute atomic E-state index is 0.0703. The van der Waals surface area contributed by atoms with Crippen LogP contribution in [-0.4, -0.2) is 98.6 Å². The fourth-order valence-electron chi connectivity index (χ4n) is 1.48. The second kappa shape index (κ2) is 12.5. The van der Waals surface area contributed by atoms with Crippen LogP contribution in [0.1, 0.15) is 0 Å². The van der Waals surface area contributed by atoms with Gasteiger partial charge in [0.05, 0.1) is 26.2 Å². The highest BCUT2D eigenvalue weighted by molar-refractivity contribution is 5.73. The molecule has 0 aromatic carbocycles. The molecule has 12 nitrogen and oxygen atoms in total. The Hall–Kier alpha value is -2.28. The number of nitrogens with two attached hydrogens (primary N) is 1. The molecule has 0 rings (SSSR count). The largest absolute Gasteiger partial charge is 0.480 e. The van der Waals surface area contributed by atoms with E-state index in [0.29, 0.717) is 0 Å². The molecule has 0 aromatic heterocycles. The van der Waals surface area contributed by atoms with Gasteiger partial charge in [0.15, 0.2) is 0 Å². The van der Waals surface area contributed by atoms with E-state index in [1.807, 2.05) is 0 Å². The number of carboxylic acids is 4. The van der Waals surface area contributed by atoms with Gasteiger partial charge < -0.3 is 25.6 Å². The Morgan fingerprint density at radius 3 is 0.909 bits per heavy atom. The summed E-state index contributed by atoms with van der Waals surface area (Å²) in [5, 5.41) is 41.0. The molecule has 0 aliphatic rings. The molecule has 0 atom stereocenters. The van der Waals surface area contributed by atoms with Crippen LogP contribution in [0.2, 0.25) is 0 Å². The molecular weight excluding hydrogens is 306 g/mol. The van der Waals surface area contributed by atoms with Gasteiger partial charge in [-0.1, -0.05) is 0 Å². The lowest BCUT2D eigenvalue weighted by atomic mass is 10.4. The number of hydrogen-bond donors (Lipinski definition) is 6. The lowest BCUT2D eigenvalue weighted by Gasteiger charge is -2.23. The molecule has 0 bridgehead atoms. The predicted octanol–water partition coefficient (Wildman–Crippen LogP) is -2.74. The van der Waals surface area contributed by atoms with Gasteiger partial charge in [-0.2, -0.15) is 0 Å². The van der Waals surface area contributed by atoms with E-state index < -0.39 is 50.1 Å². The van der Waals surface area contributed by atoms with E-state index in [0.717, 1.165) is 9.80 Å². The number of rotatable bonds is 11. The van der Waals surface area contributed by atoms with Gasteiger partial charge in [0.25, 0.3) is 0 Å². The van der Waals surface area contributed by atoms with Crippen LogP contribution in [0, 0.1) is 0 Å². The summed E-state index contributed by atoms with van der Waals surface area (Å²) in [7, 11) is 0. The van der Waals surface area contributed by atoms with Crippen molar-refractivity contribution in [3.63, 3.8) is 0 Å². The number of carbonyl (C=O) groups is 4. The Bertz CT molecular complexity index is 320. The first-order valence-corrected chi connectivity index (χ1v) is 5.78. The predicted molar refractivity (Wildman–Crippen MR) is 69.4 cm³/mol. The molecule has 0 saturated carbocycles. The molecule has 0 spiro atoms. The molecule has 0 fully saturated rings. The summed E-state index contributed by atoms with van der Waals surface area (Å²) in [4.78, 5) is 44.4. The van der Waals surface area contributed by atoms with Crippen molar-refractivity contribution in [3.05, 3.63) is 0 Å². The van der Waals surface area contributed by atoms with Gasteiger partial charge in [-0.05, 0) is 0 Å². The topological polar surface area (TPSA) is 202 Å². The minimum atomic E-state index is -1.23. The van der Waals surface area contributed by atoms with Crippen molar-refractivity contribution in [2.24, 2.45) is 5.90 Å². The van der Waals surface area contributed by atoms with Crippen LogP contribution in [0.4, 0.5) is 0 Å². The molecule has 0 heterocycles. The van der Waals surface area contributed by atoms with Crippen LogP contribution in [0.15, 0.2) is 0 Å². The molecule has 0 aromatic rings. The lowest BCUT2D eigenvalue weighted by Crippen LogP contribution is -2.43. The average Bonchev–Trinajstić information content (AvgIpc) is 2.35. The van der Waals surface area contributed by atoms with Crippen LogP contribution >= 0.6 is 0 Å². The number of hydrogen-bond acceptors (Lipinski definition) is 8. The fourth-order valence-corrected chi connectivity index (χ4v) is 1.48. The first-order valence-electron chi connectivity index (χ1n) is 5.78.